The van der Waals surface area contributed by atoms with Crippen molar-refractivity contribution in [2.24, 2.45) is 11.7 Å². The van der Waals surface area contributed by atoms with Crippen LogP contribution in [0.2, 0.25) is 0 Å². The van der Waals surface area contributed by atoms with E-state index in [9.17, 15) is 4.79 Å². The van der Waals surface area contributed by atoms with E-state index in [1.165, 1.54) is 0 Å². The Hall–Kier alpha value is -2.33. The summed E-state index contributed by atoms with van der Waals surface area (Å²) in [6.45, 7) is 3.90. The summed E-state index contributed by atoms with van der Waals surface area (Å²) in [4.78, 5) is 14.6. The van der Waals surface area contributed by atoms with Crippen LogP contribution in [-0.2, 0) is 4.79 Å². The molecule has 0 heterocycles. The van der Waals surface area contributed by atoms with Gasteiger partial charge >= 0.3 is 0 Å². The van der Waals surface area contributed by atoms with E-state index in [0.717, 1.165) is 16.9 Å². The highest BCUT2D eigenvalue weighted by Crippen LogP contribution is 2.26. The Bertz CT molecular complexity index is 655. The van der Waals surface area contributed by atoms with Crippen LogP contribution in [0.4, 0.5) is 0 Å². The van der Waals surface area contributed by atoms with Crippen molar-refractivity contribution in [2.75, 3.05) is 14.2 Å². The summed E-state index contributed by atoms with van der Waals surface area (Å²) in [6.07, 6.45) is 0. The topological polar surface area (TPSA) is 55.6 Å². The number of rotatable bonds is 6. The lowest BCUT2D eigenvalue weighted by Gasteiger charge is -2.30. The molecule has 4 heteroatoms. The molecule has 0 aliphatic heterocycles. The highest BCUT2D eigenvalue weighted by atomic mass is 16.5. The van der Waals surface area contributed by atoms with Gasteiger partial charge in [0.05, 0.1) is 19.1 Å². The van der Waals surface area contributed by atoms with Crippen molar-refractivity contribution in [1.29, 1.82) is 0 Å². The second-order valence-electron chi connectivity index (χ2n) is 6.12. The summed E-state index contributed by atoms with van der Waals surface area (Å²) in [5.74, 6) is 0.548. The maximum Gasteiger partial charge on any atom is 0.227 e. The molecule has 0 bridgehead atoms. The normalized spacial score (nSPS) is 14.5. The highest BCUT2D eigenvalue weighted by molar-refractivity contribution is 5.79. The van der Waals surface area contributed by atoms with Crippen molar-refractivity contribution in [3.63, 3.8) is 0 Å². The molecule has 0 saturated carbocycles. The zero-order valence-corrected chi connectivity index (χ0v) is 14.8. The van der Waals surface area contributed by atoms with Gasteiger partial charge in [-0.15, -0.1) is 0 Å². The lowest BCUT2D eigenvalue weighted by molar-refractivity contribution is -0.136. The molecule has 0 aromatic heterocycles. The molecule has 3 atom stereocenters. The molecule has 0 radical (unpaired) electrons. The fraction of sp³-hybridized carbons (Fsp3) is 0.350. The van der Waals surface area contributed by atoms with Gasteiger partial charge in [-0.2, -0.15) is 0 Å². The lowest BCUT2D eigenvalue weighted by Crippen LogP contribution is -2.38. The summed E-state index contributed by atoms with van der Waals surface area (Å²) in [6, 6.07) is 17.2. The molecular formula is C20H26N2O2. The van der Waals surface area contributed by atoms with Crippen LogP contribution in [-0.4, -0.2) is 25.0 Å². The van der Waals surface area contributed by atoms with E-state index in [1.54, 1.807) is 12.0 Å². The van der Waals surface area contributed by atoms with Crippen molar-refractivity contribution in [2.45, 2.75) is 25.9 Å². The molecule has 4 nitrogen and oxygen atoms in total. The van der Waals surface area contributed by atoms with Crippen molar-refractivity contribution >= 4 is 5.91 Å². The first-order chi connectivity index (χ1) is 11.5. The number of hydrogen-bond acceptors (Lipinski definition) is 3. The third kappa shape index (κ3) is 3.95. The number of nitrogens with two attached hydrogens (primary N) is 1. The van der Waals surface area contributed by atoms with E-state index in [1.807, 2.05) is 75.5 Å². The van der Waals surface area contributed by atoms with E-state index in [0.29, 0.717) is 0 Å². The highest BCUT2D eigenvalue weighted by Gasteiger charge is 2.27. The van der Waals surface area contributed by atoms with E-state index < -0.39 is 0 Å². The van der Waals surface area contributed by atoms with Gasteiger partial charge in [-0.05, 0) is 30.2 Å². The number of benzene rings is 2. The Morgan fingerprint density at radius 2 is 1.58 bits per heavy atom. The van der Waals surface area contributed by atoms with Crippen LogP contribution in [0.1, 0.15) is 37.1 Å². The van der Waals surface area contributed by atoms with Gasteiger partial charge in [0.15, 0.2) is 0 Å². The Labute approximate surface area is 144 Å². The summed E-state index contributed by atoms with van der Waals surface area (Å²) in [5.41, 5.74) is 8.33. The van der Waals surface area contributed by atoms with Gasteiger partial charge in [0.2, 0.25) is 5.91 Å². The lowest BCUT2D eigenvalue weighted by atomic mass is 9.93. The number of amides is 1. The van der Waals surface area contributed by atoms with E-state index in [4.69, 9.17) is 10.5 Å². The van der Waals surface area contributed by atoms with Gasteiger partial charge in [0.25, 0.3) is 0 Å². The molecule has 2 rings (SSSR count). The van der Waals surface area contributed by atoms with Crippen LogP contribution in [0, 0.1) is 5.92 Å². The number of nitrogens with zero attached hydrogens (tertiary/aromatic N) is 1. The summed E-state index contributed by atoms with van der Waals surface area (Å²) < 4.78 is 5.18. The molecule has 1 amide bonds. The number of carbonyl (C=O) groups excluding carboxylic acids is 1. The second-order valence-corrected chi connectivity index (χ2v) is 6.12. The second kappa shape index (κ2) is 7.97. The van der Waals surface area contributed by atoms with E-state index in [-0.39, 0.29) is 23.9 Å². The third-order valence-electron chi connectivity index (χ3n) is 4.64. The fourth-order valence-corrected chi connectivity index (χ4v) is 2.74. The predicted octanol–water partition coefficient (Wildman–Crippen LogP) is 3.55. The standard InChI is InChI=1S/C20H26N2O2/c1-14(19(21)17-8-6-5-7-9-17)20(23)22(3)15(2)16-10-12-18(24-4)13-11-16/h5-15,19H,21H2,1-4H3. The molecule has 0 fully saturated rings. The Morgan fingerprint density at radius 1 is 1.00 bits per heavy atom. The number of methoxy groups -OCH3 is 1. The Morgan fingerprint density at radius 3 is 2.12 bits per heavy atom. The van der Waals surface area contributed by atoms with Gasteiger partial charge in [-0.3, -0.25) is 4.79 Å². The molecule has 2 aromatic rings. The van der Waals surface area contributed by atoms with Gasteiger partial charge < -0.3 is 15.4 Å². The summed E-state index contributed by atoms with van der Waals surface area (Å²) in [7, 11) is 3.46. The molecule has 24 heavy (non-hydrogen) atoms. The molecule has 0 spiro atoms. The van der Waals surface area contributed by atoms with Crippen LogP contribution >= 0.6 is 0 Å². The quantitative estimate of drug-likeness (QED) is 0.883. The zero-order valence-electron chi connectivity index (χ0n) is 14.8. The molecule has 0 aliphatic rings. The van der Waals surface area contributed by atoms with Gasteiger partial charge in [-0.1, -0.05) is 49.4 Å². The van der Waals surface area contributed by atoms with Crippen molar-refractivity contribution in [3.8, 4) is 5.75 Å². The monoisotopic (exact) mass is 326 g/mol. The van der Waals surface area contributed by atoms with Crippen LogP contribution in [0.15, 0.2) is 54.6 Å². The first kappa shape index (κ1) is 18.0. The fourth-order valence-electron chi connectivity index (χ4n) is 2.74. The van der Waals surface area contributed by atoms with Crippen molar-refractivity contribution < 1.29 is 9.53 Å². The summed E-state index contributed by atoms with van der Waals surface area (Å²) in [5, 5.41) is 0. The molecule has 2 N–H and O–H groups in total. The predicted molar refractivity (Wildman–Crippen MR) is 96.7 cm³/mol. The molecule has 3 unspecified atom stereocenters. The van der Waals surface area contributed by atoms with Crippen molar-refractivity contribution in [1.82, 2.24) is 4.90 Å². The number of ether oxygens (including phenoxy) is 1. The first-order valence-corrected chi connectivity index (χ1v) is 8.16. The number of carbonyl (C=O) groups is 1. The minimum atomic E-state index is -0.316. The average Bonchev–Trinajstić information content (AvgIpc) is 2.65. The number of hydrogen-bond donors (Lipinski definition) is 1. The minimum Gasteiger partial charge on any atom is -0.497 e. The molecule has 0 saturated heterocycles. The third-order valence-corrected chi connectivity index (χ3v) is 4.64. The molecule has 0 aliphatic carbocycles. The Kier molecular flexibility index (Phi) is 5.99. The van der Waals surface area contributed by atoms with E-state index >= 15 is 0 Å². The SMILES string of the molecule is COc1ccc(C(C)N(C)C(=O)C(C)C(N)c2ccccc2)cc1. The Balaban J connectivity index is 2.09. The average molecular weight is 326 g/mol. The van der Waals surface area contributed by atoms with Crippen molar-refractivity contribution in [3.05, 3.63) is 65.7 Å². The van der Waals surface area contributed by atoms with Crippen LogP contribution in [0.5, 0.6) is 5.75 Å². The smallest absolute Gasteiger partial charge is 0.227 e. The minimum absolute atomic E-state index is 0.0335. The maximum absolute atomic E-state index is 12.8. The van der Waals surface area contributed by atoms with Gasteiger partial charge in [0, 0.05) is 13.1 Å². The zero-order chi connectivity index (χ0) is 17.7. The maximum atomic E-state index is 12.8. The van der Waals surface area contributed by atoms with E-state index in [2.05, 4.69) is 0 Å². The van der Waals surface area contributed by atoms with Crippen LogP contribution in [0.3, 0.4) is 0 Å². The molecule has 2 aromatic carbocycles. The largest absolute Gasteiger partial charge is 0.497 e. The van der Waals surface area contributed by atoms with Gasteiger partial charge in [0.1, 0.15) is 5.75 Å². The van der Waals surface area contributed by atoms with Crippen LogP contribution < -0.4 is 10.5 Å². The van der Waals surface area contributed by atoms with Crippen LogP contribution in [0.25, 0.3) is 0 Å². The molecule has 128 valence electrons. The molecular weight excluding hydrogens is 300 g/mol. The van der Waals surface area contributed by atoms with Gasteiger partial charge in [-0.25, -0.2) is 0 Å². The first-order valence-electron chi connectivity index (χ1n) is 8.16. The summed E-state index contributed by atoms with van der Waals surface area (Å²) >= 11 is 0.